The van der Waals surface area contributed by atoms with Gasteiger partial charge in [0.25, 0.3) is 0 Å². The Kier molecular flexibility index (Phi) is 6.66. The molecule has 0 aromatic carbocycles. The van der Waals surface area contributed by atoms with Crippen molar-refractivity contribution < 1.29 is 26.4 Å². The molecule has 0 saturated heterocycles. The Balaban J connectivity index is 2.36. The maximum atomic E-state index is 12.5. The maximum Gasteiger partial charge on any atom is 0.391 e. The Morgan fingerprint density at radius 2 is 1.82 bits per heavy atom. The highest BCUT2D eigenvalue weighted by molar-refractivity contribution is 7.90. The van der Waals surface area contributed by atoms with Crippen molar-refractivity contribution in [3.05, 3.63) is 0 Å². The van der Waals surface area contributed by atoms with Gasteiger partial charge in [0.15, 0.2) is 0 Å². The van der Waals surface area contributed by atoms with E-state index in [0.717, 1.165) is 0 Å². The van der Waals surface area contributed by atoms with E-state index >= 15 is 0 Å². The summed E-state index contributed by atoms with van der Waals surface area (Å²) in [5.41, 5.74) is 0. The van der Waals surface area contributed by atoms with Crippen molar-refractivity contribution >= 4 is 15.9 Å². The summed E-state index contributed by atoms with van der Waals surface area (Å²) in [7, 11) is -3.77. The molecule has 9 heteroatoms. The smallest absolute Gasteiger partial charge is 0.274 e. The van der Waals surface area contributed by atoms with Crippen LogP contribution in [0.15, 0.2) is 0 Å². The summed E-state index contributed by atoms with van der Waals surface area (Å²) in [6.45, 7) is 0. The molecule has 1 saturated carbocycles. The lowest BCUT2D eigenvalue weighted by atomic mass is 9.80. The van der Waals surface area contributed by atoms with Crippen molar-refractivity contribution in [2.45, 2.75) is 51.1 Å². The minimum atomic E-state index is -4.20. The van der Waals surface area contributed by atoms with E-state index in [1.165, 1.54) is 0 Å². The highest BCUT2D eigenvalue weighted by atomic mass is 32.2. The summed E-state index contributed by atoms with van der Waals surface area (Å²) in [5.74, 6) is -2.53. The normalized spacial score (nSPS) is 22.8. The first-order valence-electron chi connectivity index (χ1n) is 7.11. The number of unbranched alkanes of at least 4 members (excludes halogenated alkanes) is 1. The summed E-state index contributed by atoms with van der Waals surface area (Å²) >= 11 is 0. The third kappa shape index (κ3) is 6.64. The molecule has 22 heavy (non-hydrogen) atoms. The monoisotopic (exact) mass is 340 g/mol. The first-order chi connectivity index (χ1) is 10.1. The lowest BCUT2D eigenvalue weighted by Gasteiger charge is -2.29. The van der Waals surface area contributed by atoms with Gasteiger partial charge in [-0.2, -0.15) is 18.4 Å². The van der Waals surface area contributed by atoms with E-state index in [1.54, 1.807) is 6.07 Å². The van der Waals surface area contributed by atoms with Crippen LogP contribution < -0.4 is 4.72 Å². The van der Waals surface area contributed by atoms with Crippen LogP contribution in [0.3, 0.4) is 0 Å². The Morgan fingerprint density at radius 1 is 1.23 bits per heavy atom. The van der Waals surface area contributed by atoms with Gasteiger partial charge in [0.1, 0.15) is 0 Å². The number of alkyl halides is 3. The Labute approximate surface area is 127 Å². The second-order valence-electron chi connectivity index (χ2n) is 5.57. The van der Waals surface area contributed by atoms with Crippen molar-refractivity contribution in [1.82, 2.24) is 4.72 Å². The van der Waals surface area contributed by atoms with Crippen molar-refractivity contribution in [1.29, 1.82) is 5.26 Å². The zero-order valence-corrected chi connectivity index (χ0v) is 12.8. The molecule has 0 aliphatic heterocycles. The third-order valence-electron chi connectivity index (χ3n) is 3.75. The molecular formula is C13H19F3N2O3S. The van der Waals surface area contributed by atoms with Crippen LogP contribution in [0.1, 0.15) is 44.9 Å². The molecule has 126 valence electrons. The maximum absolute atomic E-state index is 12.5. The number of nitrogens with zero attached hydrogens (tertiary/aromatic N) is 1. The summed E-state index contributed by atoms with van der Waals surface area (Å²) in [6.07, 6.45) is -3.56. The fraction of sp³-hybridized carbons (Fsp3) is 0.846. The average molecular weight is 340 g/mol. The van der Waals surface area contributed by atoms with Gasteiger partial charge in [-0.15, -0.1) is 0 Å². The number of amides is 1. The van der Waals surface area contributed by atoms with Crippen LogP contribution in [0.5, 0.6) is 0 Å². The van der Waals surface area contributed by atoms with Crippen LogP contribution in [0.4, 0.5) is 13.2 Å². The predicted octanol–water partition coefficient (Wildman–Crippen LogP) is 2.49. The van der Waals surface area contributed by atoms with Gasteiger partial charge < -0.3 is 0 Å². The fourth-order valence-electron chi connectivity index (χ4n) is 2.56. The predicted molar refractivity (Wildman–Crippen MR) is 72.9 cm³/mol. The molecule has 1 fully saturated rings. The molecule has 1 aliphatic carbocycles. The fourth-order valence-corrected chi connectivity index (χ4v) is 3.62. The van der Waals surface area contributed by atoms with Crippen molar-refractivity contribution in [3.8, 4) is 6.07 Å². The first kappa shape index (κ1) is 18.7. The van der Waals surface area contributed by atoms with Crippen LogP contribution in [0.2, 0.25) is 0 Å². The highest BCUT2D eigenvalue weighted by Crippen LogP contribution is 2.40. The lowest BCUT2D eigenvalue weighted by Crippen LogP contribution is -2.35. The van der Waals surface area contributed by atoms with E-state index in [2.05, 4.69) is 0 Å². The molecule has 0 bridgehead atoms. The molecule has 5 nitrogen and oxygen atoms in total. The minimum Gasteiger partial charge on any atom is -0.274 e. The van der Waals surface area contributed by atoms with Crippen molar-refractivity contribution in [3.63, 3.8) is 0 Å². The van der Waals surface area contributed by atoms with E-state index < -0.39 is 28.0 Å². The number of hydrogen-bond acceptors (Lipinski definition) is 4. The largest absolute Gasteiger partial charge is 0.391 e. The van der Waals surface area contributed by atoms with Crippen LogP contribution in [0.25, 0.3) is 0 Å². The third-order valence-corrected chi connectivity index (χ3v) is 5.12. The van der Waals surface area contributed by atoms with E-state index in [0.29, 0.717) is 0 Å². The van der Waals surface area contributed by atoms with Crippen LogP contribution in [-0.4, -0.2) is 26.3 Å². The average Bonchev–Trinajstić information content (AvgIpc) is 2.37. The number of nitriles is 1. The summed E-state index contributed by atoms with van der Waals surface area (Å²) < 4.78 is 62.6. The second kappa shape index (κ2) is 7.81. The molecule has 1 N–H and O–H groups in total. The van der Waals surface area contributed by atoms with Gasteiger partial charge in [-0.3, -0.25) is 9.52 Å². The molecule has 0 spiro atoms. The molecule has 0 radical (unpaired) electrons. The SMILES string of the molecule is N#CCCCS(=O)(=O)NC(=O)CC1CCC(C(F)(F)F)CC1. The second-order valence-corrected chi connectivity index (χ2v) is 7.41. The molecule has 0 unspecified atom stereocenters. The van der Waals surface area contributed by atoms with Gasteiger partial charge in [0.05, 0.1) is 17.7 Å². The molecule has 0 aromatic heterocycles. The van der Waals surface area contributed by atoms with Crippen LogP contribution in [0, 0.1) is 23.2 Å². The number of nitrogens with one attached hydrogen (secondary N) is 1. The summed E-state index contributed by atoms with van der Waals surface area (Å²) in [4.78, 5) is 11.7. The molecule has 1 rings (SSSR count). The van der Waals surface area contributed by atoms with Crippen molar-refractivity contribution in [2.24, 2.45) is 11.8 Å². The van der Waals surface area contributed by atoms with Gasteiger partial charge in [-0.1, -0.05) is 0 Å². The summed E-state index contributed by atoms with van der Waals surface area (Å²) in [6, 6.07) is 1.81. The minimum absolute atomic E-state index is 0.0175. The number of rotatable bonds is 6. The standard InChI is InChI=1S/C13H19F3N2O3S/c14-13(15,16)11-5-3-10(4-6-11)9-12(19)18-22(20,21)8-2-1-7-17/h10-11H,1-6,8-9H2,(H,18,19). The molecular weight excluding hydrogens is 321 g/mol. The van der Waals surface area contributed by atoms with Gasteiger partial charge in [-0.05, 0) is 38.0 Å². The first-order valence-corrected chi connectivity index (χ1v) is 8.76. The Morgan fingerprint density at radius 3 is 2.32 bits per heavy atom. The molecule has 0 atom stereocenters. The highest BCUT2D eigenvalue weighted by Gasteiger charge is 2.41. The van der Waals surface area contributed by atoms with Gasteiger partial charge in [0.2, 0.25) is 15.9 Å². The zero-order valence-electron chi connectivity index (χ0n) is 12.0. The van der Waals surface area contributed by atoms with E-state index in [-0.39, 0.29) is 56.6 Å². The van der Waals surface area contributed by atoms with Crippen LogP contribution in [-0.2, 0) is 14.8 Å². The molecule has 1 aliphatic rings. The molecule has 1 amide bonds. The number of carbonyl (C=O) groups excluding carboxylic acids is 1. The van der Waals surface area contributed by atoms with Crippen LogP contribution >= 0.6 is 0 Å². The van der Waals surface area contributed by atoms with Gasteiger partial charge in [0, 0.05) is 12.8 Å². The van der Waals surface area contributed by atoms with E-state index in [9.17, 15) is 26.4 Å². The number of sulfonamides is 1. The van der Waals surface area contributed by atoms with Crippen molar-refractivity contribution in [2.75, 3.05) is 5.75 Å². The van der Waals surface area contributed by atoms with E-state index in [4.69, 9.17) is 5.26 Å². The topological polar surface area (TPSA) is 87.0 Å². The summed E-state index contributed by atoms with van der Waals surface area (Å²) in [5, 5.41) is 8.33. The lowest BCUT2D eigenvalue weighted by molar-refractivity contribution is -0.184. The number of hydrogen-bond donors (Lipinski definition) is 1. The van der Waals surface area contributed by atoms with Gasteiger partial charge in [-0.25, -0.2) is 8.42 Å². The Bertz CT molecular complexity index is 518. The number of carbonyl (C=O) groups is 1. The zero-order chi connectivity index (χ0) is 16.8. The quantitative estimate of drug-likeness (QED) is 0.753. The number of halogens is 3. The van der Waals surface area contributed by atoms with E-state index in [1.807, 2.05) is 4.72 Å². The molecule has 0 aromatic rings. The van der Waals surface area contributed by atoms with Gasteiger partial charge >= 0.3 is 6.18 Å². The Hall–Kier alpha value is -1.30. The molecule has 0 heterocycles.